The third-order valence-electron chi connectivity index (χ3n) is 5.28. The summed E-state index contributed by atoms with van der Waals surface area (Å²) < 4.78 is 10.7. The van der Waals surface area contributed by atoms with Gasteiger partial charge in [0.05, 0.1) is 7.11 Å². The first kappa shape index (κ1) is 21.8. The van der Waals surface area contributed by atoms with Crippen molar-refractivity contribution in [3.8, 4) is 0 Å². The molecular formula is C26H21NO6. The number of carbonyl (C=O) groups is 3. The van der Waals surface area contributed by atoms with Crippen LogP contribution in [0.4, 0.5) is 10.7 Å². The summed E-state index contributed by atoms with van der Waals surface area (Å²) in [6.07, 6.45) is -0.807. The van der Waals surface area contributed by atoms with E-state index in [0.29, 0.717) is 22.1 Å². The Labute approximate surface area is 189 Å². The number of fused-ring (bicyclic) bond motifs is 1. The van der Waals surface area contributed by atoms with E-state index < -0.39 is 18.1 Å². The van der Waals surface area contributed by atoms with E-state index in [0.717, 1.165) is 10.5 Å². The summed E-state index contributed by atoms with van der Waals surface area (Å²) in [6.45, 7) is 0. The monoisotopic (exact) mass is 443 g/mol. The molecular weight excluding hydrogens is 422 g/mol. The molecule has 0 spiro atoms. The van der Waals surface area contributed by atoms with Crippen LogP contribution in [0.25, 0.3) is 11.0 Å². The molecule has 0 radical (unpaired) electrons. The van der Waals surface area contributed by atoms with Gasteiger partial charge in [-0.2, -0.15) is 0 Å². The Bertz CT molecular complexity index is 1300. The van der Waals surface area contributed by atoms with Gasteiger partial charge in [0, 0.05) is 29.0 Å². The second-order valence-corrected chi connectivity index (χ2v) is 7.42. The smallest absolute Gasteiger partial charge is 0.417 e. The topological polar surface area (TPSA) is 97.0 Å². The number of carbonyl (C=O) groups excluding carboxylic acids is 2. The molecule has 4 aromatic rings. The molecule has 33 heavy (non-hydrogen) atoms. The van der Waals surface area contributed by atoms with E-state index in [1.165, 1.54) is 13.2 Å². The highest BCUT2D eigenvalue weighted by Gasteiger charge is 2.34. The van der Waals surface area contributed by atoms with Crippen molar-refractivity contribution in [1.82, 2.24) is 0 Å². The minimum atomic E-state index is -1.26. The highest BCUT2D eigenvalue weighted by molar-refractivity contribution is 6.10. The number of methoxy groups -OCH3 is 1. The fraction of sp³-hybridized carbons (Fsp3) is 0.115. The van der Waals surface area contributed by atoms with E-state index in [1.54, 1.807) is 66.7 Å². The number of carboxylic acids is 1. The van der Waals surface area contributed by atoms with Gasteiger partial charge in [0.15, 0.2) is 5.78 Å². The van der Waals surface area contributed by atoms with E-state index in [1.807, 2.05) is 12.1 Å². The summed E-state index contributed by atoms with van der Waals surface area (Å²) in [7, 11) is 1.18. The average Bonchev–Trinajstić information content (AvgIpc) is 3.26. The normalized spacial score (nSPS) is 11.7. The van der Waals surface area contributed by atoms with Crippen LogP contribution < -0.4 is 4.90 Å². The van der Waals surface area contributed by atoms with Crippen molar-refractivity contribution in [3.63, 3.8) is 0 Å². The Morgan fingerprint density at radius 2 is 1.58 bits per heavy atom. The molecule has 0 bridgehead atoms. The molecule has 1 heterocycles. The van der Waals surface area contributed by atoms with Crippen LogP contribution in [0.1, 0.15) is 21.5 Å². The van der Waals surface area contributed by atoms with Gasteiger partial charge in [0.1, 0.15) is 11.6 Å². The zero-order valence-electron chi connectivity index (χ0n) is 17.8. The van der Waals surface area contributed by atoms with Crippen LogP contribution in [0.15, 0.2) is 89.3 Å². The number of aliphatic carboxylic acids is 1. The van der Waals surface area contributed by atoms with Crippen molar-refractivity contribution in [2.45, 2.75) is 12.5 Å². The Hall–Kier alpha value is -4.39. The molecule has 7 nitrogen and oxygen atoms in total. The van der Waals surface area contributed by atoms with Crippen molar-refractivity contribution < 1.29 is 28.6 Å². The number of furan rings is 1. The summed E-state index contributed by atoms with van der Waals surface area (Å²) in [5.41, 5.74) is 2.15. The SMILES string of the molecule is COC(=O)N(c1cc2cc(C(=O)c3ccccc3)ccc2o1)[C@H](Cc1ccccc1)C(=O)O. The number of rotatable bonds is 7. The lowest BCUT2D eigenvalue weighted by atomic mass is 10.0. The van der Waals surface area contributed by atoms with E-state index in [2.05, 4.69) is 0 Å². The van der Waals surface area contributed by atoms with Crippen molar-refractivity contribution in [2.75, 3.05) is 12.0 Å². The fourth-order valence-electron chi connectivity index (χ4n) is 3.64. The van der Waals surface area contributed by atoms with Gasteiger partial charge in [-0.05, 0) is 23.8 Å². The number of hydrogen-bond acceptors (Lipinski definition) is 5. The number of ketones is 1. The Kier molecular flexibility index (Phi) is 6.22. The van der Waals surface area contributed by atoms with Crippen molar-refractivity contribution in [3.05, 3.63) is 102 Å². The largest absolute Gasteiger partial charge is 0.480 e. The van der Waals surface area contributed by atoms with Gasteiger partial charge in [-0.15, -0.1) is 0 Å². The lowest BCUT2D eigenvalue weighted by Gasteiger charge is -2.25. The molecule has 166 valence electrons. The van der Waals surface area contributed by atoms with Crippen LogP contribution in [0.2, 0.25) is 0 Å². The van der Waals surface area contributed by atoms with E-state index >= 15 is 0 Å². The summed E-state index contributed by atoms with van der Waals surface area (Å²) in [4.78, 5) is 38.5. The standard InChI is InChI=1S/C26H21NO6/c1-32-26(31)27(21(25(29)30)14-17-8-4-2-5-9-17)23-16-20-15-19(12-13-22(20)33-23)24(28)18-10-6-3-7-11-18/h2-13,15-16,21H,14H2,1H3,(H,29,30)/t21-/m1/s1. The molecule has 0 saturated heterocycles. The molecule has 1 atom stereocenters. The predicted molar refractivity (Wildman–Crippen MR) is 123 cm³/mol. The molecule has 0 fully saturated rings. The molecule has 4 rings (SSSR count). The van der Waals surface area contributed by atoms with Gasteiger partial charge in [-0.3, -0.25) is 4.79 Å². The molecule has 0 aliphatic carbocycles. The molecule has 0 unspecified atom stereocenters. The van der Waals surface area contributed by atoms with Crippen LogP contribution in [0.3, 0.4) is 0 Å². The van der Waals surface area contributed by atoms with Crippen molar-refractivity contribution >= 4 is 34.7 Å². The number of benzene rings is 3. The third-order valence-corrected chi connectivity index (χ3v) is 5.28. The lowest BCUT2D eigenvalue weighted by molar-refractivity contribution is -0.138. The third kappa shape index (κ3) is 4.62. The zero-order chi connectivity index (χ0) is 23.4. The van der Waals surface area contributed by atoms with E-state index in [9.17, 15) is 19.5 Å². The Balaban J connectivity index is 1.72. The summed E-state index contributed by atoms with van der Waals surface area (Å²) in [6, 6.07) is 23.0. The number of anilines is 1. The van der Waals surface area contributed by atoms with Crippen molar-refractivity contribution in [1.29, 1.82) is 0 Å². The van der Waals surface area contributed by atoms with Gasteiger partial charge in [0.25, 0.3) is 0 Å². The number of amides is 1. The number of hydrogen-bond donors (Lipinski definition) is 1. The molecule has 7 heteroatoms. The molecule has 3 aromatic carbocycles. The molecule has 0 aliphatic rings. The molecule has 1 amide bonds. The van der Waals surface area contributed by atoms with Crippen molar-refractivity contribution in [2.24, 2.45) is 0 Å². The van der Waals surface area contributed by atoms with Crippen LogP contribution in [0, 0.1) is 0 Å². The van der Waals surface area contributed by atoms with Crippen LogP contribution in [0.5, 0.6) is 0 Å². The Morgan fingerprint density at radius 1 is 0.909 bits per heavy atom. The van der Waals surface area contributed by atoms with E-state index in [-0.39, 0.29) is 18.1 Å². The number of carboxylic acid groups (broad SMARTS) is 1. The lowest BCUT2D eigenvalue weighted by Crippen LogP contribution is -2.46. The van der Waals surface area contributed by atoms with Crippen LogP contribution >= 0.6 is 0 Å². The highest BCUT2D eigenvalue weighted by atomic mass is 16.5. The second-order valence-electron chi connectivity index (χ2n) is 7.42. The van der Waals surface area contributed by atoms with Gasteiger partial charge >= 0.3 is 12.1 Å². The number of ether oxygens (including phenoxy) is 1. The molecule has 0 saturated carbocycles. The van der Waals surface area contributed by atoms with Crippen LogP contribution in [-0.2, 0) is 16.0 Å². The van der Waals surface area contributed by atoms with Gasteiger partial charge < -0.3 is 14.3 Å². The van der Waals surface area contributed by atoms with Gasteiger partial charge in [0.2, 0.25) is 5.88 Å². The summed E-state index contributed by atoms with van der Waals surface area (Å²) in [5.74, 6) is -1.34. The van der Waals surface area contributed by atoms with Crippen LogP contribution in [-0.4, -0.2) is 36.1 Å². The van der Waals surface area contributed by atoms with Gasteiger partial charge in [-0.1, -0.05) is 60.7 Å². The predicted octanol–water partition coefficient (Wildman–Crippen LogP) is 4.93. The Morgan fingerprint density at radius 3 is 2.21 bits per heavy atom. The average molecular weight is 443 g/mol. The minimum Gasteiger partial charge on any atom is -0.480 e. The first-order valence-electron chi connectivity index (χ1n) is 10.2. The second kappa shape index (κ2) is 9.40. The molecule has 1 aromatic heterocycles. The highest BCUT2D eigenvalue weighted by Crippen LogP contribution is 2.30. The number of nitrogens with zero attached hydrogens (tertiary/aromatic N) is 1. The fourth-order valence-corrected chi connectivity index (χ4v) is 3.64. The summed E-state index contributed by atoms with van der Waals surface area (Å²) >= 11 is 0. The quantitative estimate of drug-likeness (QED) is 0.407. The van der Waals surface area contributed by atoms with Gasteiger partial charge in [-0.25, -0.2) is 14.5 Å². The maximum Gasteiger partial charge on any atom is 0.417 e. The van der Waals surface area contributed by atoms with E-state index in [4.69, 9.17) is 9.15 Å². The maximum atomic E-state index is 12.8. The molecule has 0 aliphatic heterocycles. The minimum absolute atomic E-state index is 0.0180. The first-order chi connectivity index (χ1) is 16.0. The maximum absolute atomic E-state index is 12.8. The zero-order valence-corrected chi connectivity index (χ0v) is 17.8. The summed E-state index contributed by atoms with van der Waals surface area (Å²) in [5, 5.41) is 10.5. The first-order valence-corrected chi connectivity index (χ1v) is 10.2. The molecule has 1 N–H and O–H groups in total.